The Kier molecular flexibility index (Phi) is 9.43. The topological polar surface area (TPSA) is 131 Å². The van der Waals surface area contributed by atoms with E-state index in [-0.39, 0.29) is 25.0 Å². The van der Waals surface area contributed by atoms with Crippen LogP contribution in [0.3, 0.4) is 0 Å². The van der Waals surface area contributed by atoms with Crippen LogP contribution in [-0.4, -0.2) is 38.8 Å². The summed E-state index contributed by atoms with van der Waals surface area (Å²) in [4.78, 5) is 20.1. The Morgan fingerprint density at radius 1 is 1.11 bits per heavy atom. The van der Waals surface area contributed by atoms with Gasteiger partial charge in [-0.25, -0.2) is 4.98 Å². The number of nitrogens with two attached hydrogens (primary N) is 1. The van der Waals surface area contributed by atoms with Crippen molar-refractivity contribution >= 4 is 17.7 Å². The van der Waals surface area contributed by atoms with E-state index in [1.165, 1.54) is 0 Å². The number of rotatable bonds is 13. The summed E-state index contributed by atoms with van der Waals surface area (Å²) >= 11 is 0. The molecule has 1 heterocycles. The Morgan fingerprint density at radius 2 is 1.89 bits per heavy atom. The molecule has 1 aromatic heterocycles. The second kappa shape index (κ2) is 12.7. The first-order chi connectivity index (χ1) is 16.9. The van der Waals surface area contributed by atoms with Crippen molar-refractivity contribution in [2.24, 2.45) is 0 Å². The van der Waals surface area contributed by atoms with E-state index in [1.807, 2.05) is 49.4 Å². The van der Waals surface area contributed by atoms with Crippen molar-refractivity contribution < 1.29 is 19.7 Å². The summed E-state index contributed by atoms with van der Waals surface area (Å²) in [5.41, 5.74) is 10.2. The van der Waals surface area contributed by atoms with Gasteiger partial charge < -0.3 is 26.0 Å². The maximum atomic E-state index is 11.3. The number of hydrogen-bond acceptors (Lipinski definition) is 7. The highest BCUT2D eigenvalue weighted by Gasteiger charge is 2.18. The lowest BCUT2D eigenvalue weighted by Gasteiger charge is -2.21. The first-order valence-corrected chi connectivity index (χ1v) is 11.9. The highest BCUT2D eigenvalue weighted by molar-refractivity contribution is 5.70. The number of carboxylic acid groups (broad SMARTS) is 1. The lowest BCUT2D eigenvalue weighted by atomic mass is 10.00. The van der Waals surface area contributed by atoms with Crippen molar-refractivity contribution in [3.05, 3.63) is 76.5 Å². The molecular weight excluding hydrogens is 444 g/mol. The SMILES string of the molecule is CCC[C@@H](CCO)Nc1nc(N)nc(C)c1Cc1ccc(CC(=O)O)cc1OCc1ccccc1. The summed E-state index contributed by atoms with van der Waals surface area (Å²) in [5.74, 6) is 0.554. The molecule has 0 aliphatic carbocycles. The predicted molar refractivity (Wildman–Crippen MR) is 137 cm³/mol. The molecule has 35 heavy (non-hydrogen) atoms. The third-order valence-electron chi connectivity index (χ3n) is 5.78. The number of benzene rings is 2. The molecule has 0 amide bonds. The molecule has 0 saturated carbocycles. The third-order valence-corrected chi connectivity index (χ3v) is 5.78. The van der Waals surface area contributed by atoms with Gasteiger partial charge in [0.05, 0.1) is 6.42 Å². The summed E-state index contributed by atoms with van der Waals surface area (Å²) in [5, 5.41) is 22.2. The van der Waals surface area contributed by atoms with Gasteiger partial charge in [0, 0.05) is 30.3 Å². The van der Waals surface area contributed by atoms with Gasteiger partial charge in [-0.2, -0.15) is 4.98 Å². The maximum Gasteiger partial charge on any atom is 0.307 e. The zero-order chi connectivity index (χ0) is 25.2. The van der Waals surface area contributed by atoms with E-state index in [0.29, 0.717) is 36.6 Å². The van der Waals surface area contributed by atoms with Crippen LogP contribution in [0.1, 0.15) is 54.1 Å². The lowest BCUT2D eigenvalue weighted by molar-refractivity contribution is -0.136. The normalized spacial score (nSPS) is 11.7. The number of ether oxygens (including phenoxy) is 1. The van der Waals surface area contributed by atoms with Crippen LogP contribution >= 0.6 is 0 Å². The standard InChI is InChI=1S/C27H34N4O4/c1-3-7-22(12-13-32)30-26-23(18(2)29-27(28)31-26)16-21-11-10-20(15-25(33)34)14-24(21)35-17-19-8-5-4-6-9-19/h4-6,8-11,14,22,32H,3,7,12-13,15-17H2,1-2H3,(H,33,34)(H3,28,29,30,31)/t22-/m0/s1. The maximum absolute atomic E-state index is 11.3. The number of carbonyl (C=O) groups is 1. The smallest absolute Gasteiger partial charge is 0.307 e. The largest absolute Gasteiger partial charge is 0.489 e. The van der Waals surface area contributed by atoms with Gasteiger partial charge in [-0.05, 0) is 42.5 Å². The number of anilines is 2. The summed E-state index contributed by atoms with van der Waals surface area (Å²) in [6.45, 7) is 4.43. The number of carboxylic acids is 1. The quantitative estimate of drug-likeness (QED) is 0.288. The molecule has 0 aliphatic rings. The molecule has 3 aromatic rings. The van der Waals surface area contributed by atoms with Crippen LogP contribution in [0.2, 0.25) is 0 Å². The molecule has 0 saturated heterocycles. The Bertz CT molecular complexity index is 1120. The van der Waals surface area contributed by atoms with Crippen molar-refractivity contribution in [3.63, 3.8) is 0 Å². The fourth-order valence-corrected chi connectivity index (χ4v) is 4.02. The number of aliphatic hydroxyl groups excluding tert-OH is 1. The van der Waals surface area contributed by atoms with E-state index >= 15 is 0 Å². The van der Waals surface area contributed by atoms with E-state index in [4.69, 9.17) is 10.5 Å². The number of nitrogens with zero attached hydrogens (tertiary/aromatic N) is 2. The summed E-state index contributed by atoms with van der Waals surface area (Å²) in [6, 6.07) is 15.4. The van der Waals surface area contributed by atoms with Crippen molar-refractivity contribution in [2.75, 3.05) is 17.7 Å². The first kappa shape index (κ1) is 26.0. The first-order valence-electron chi connectivity index (χ1n) is 11.9. The van der Waals surface area contributed by atoms with E-state index < -0.39 is 5.97 Å². The van der Waals surface area contributed by atoms with E-state index in [9.17, 15) is 15.0 Å². The second-order valence-electron chi connectivity index (χ2n) is 8.60. The molecule has 0 bridgehead atoms. The average molecular weight is 479 g/mol. The zero-order valence-corrected chi connectivity index (χ0v) is 20.3. The summed E-state index contributed by atoms with van der Waals surface area (Å²) in [7, 11) is 0. The molecule has 1 atom stereocenters. The molecule has 0 spiro atoms. The Balaban J connectivity index is 1.94. The van der Waals surface area contributed by atoms with E-state index in [1.54, 1.807) is 6.07 Å². The number of nitrogens with one attached hydrogen (secondary N) is 1. The number of aliphatic hydroxyl groups is 1. The second-order valence-corrected chi connectivity index (χ2v) is 8.60. The van der Waals surface area contributed by atoms with Crippen LogP contribution in [-0.2, 0) is 24.2 Å². The minimum atomic E-state index is -0.896. The highest BCUT2D eigenvalue weighted by atomic mass is 16.5. The molecular formula is C27H34N4O4. The Hall–Kier alpha value is -3.65. The van der Waals surface area contributed by atoms with Gasteiger partial charge in [0.15, 0.2) is 0 Å². The summed E-state index contributed by atoms with van der Waals surface area (Å²) in [6.07, 6.45) is 2.85. The fourth-order valence-electron chi connectivity index (χ4n) is 4.02. The van der Waals surface area contributed by atoms with Crippen molar-refractivity contribution in [1.82, 2.24) is 9.97 Å². The van der Waals surface area contributed by atoms with Crippen molar-refractivity contribution in [2.45, 2.75) is 58.6 Å². The van der Waals surface area contributed by atoms with Gasteiger partial charge in [0.25, 0.3) is 0 Å². The van der Waals surface area contributed by atoms with E-state index in [0.717, 1.165) is 35.2 Å². The fraction of sp³-hybridized carbons (Fsp3) is 0.370. The molecule has 8 nitrogen and oxygen atoms in total. The monoisotopic (exact) mass is 478 g/mol. The van der Waals surface area contributed by atoms with Crippen LogP contribution in [0.25, 0.3) is 0 Å². The van der Waals surface area contributed by atoms with Crippen LogP contribution < -0.4 is 15.8 Å². The molecule has 2 aromatic carbocycles. The molecule has 8 heteroatoms. The van der Waals surface area contributed by atoms with Crippen LogP contribution in [0.4, 0.5) is 11.8 Å². The zero-order valence-electron chi connectivity index (χ0n) is 20.3. The van der Waals surface area contributed by atoms with Crippen LogP contribution in [0.15, 0.2) is 48.5 Å². The molecule has 0 aliphatic heterocycles. The van der Waals surface area contributed by atoms with E-state index in [2.05, 4.69) is 22.2 Å². The molecule has 0 unspecified atom stereocenters. The average Bonchev–Trinajstić information content (AvgIpc) is 2.81. The van der Waals surface area contributed by atoms with Gasteiger partial charge in [0.2, 0.25) is 5.95 Å². The third kappa shape index (κ3) is 7.68. The number of aromatic nitrogens is 2. The van der Waals surface area contributed by atoms with Gasteiger partial charge in [-0.1, -0.05) is 55.8 Å². The number of aryl methyl sites for hydroxylation is 1. The highest BCUT2D eigenvalue weighted by Crippen LogP contribution is 2.29. The van der Waals surface area contributed by atoms with Crippen molar-refractivity contribution in [3.8, 4) is 5.75 Å². The molecule has 5 N–H and O–H groups in total. The molecule has 0 radical (unpaired) electrons. The Labute approximate surface area is 206 Å². The van der Waals surface area contributed by atoms with Gasteiger partial charge >= 0.3 is 5.97 Å². The van der Waals surface area contributed by atoms with Gasteiger partial charge in [-0.15, -0.1) is 0 Å². The molecule has 0 fully saturated rings. The van der Waals surface area contributed by atoms with Crippen LogP contribution in [0, 0.1) is 6.92 Å². The van der Waals surface area contributed by atoms with Gasteiger partial charge in [0.1, 0.15) is 18.2 Å². The minimum Gasteiger partial charge on any atom is -0.489 e. The molecule has 3 rings (SSSR count). The molecule has 186 valence electrons. The van der Waals surface area contributed by atoms with Crippen LogP contribution in [0.5, 0.6) is 5.75 Å². The minimum absolute atomic E-state index is 0.0594. The number of aliphatic carboxylic acids is 1. The number of hydrogen-bond donors (Lipinski definition) is 4. The predicted octanol–water partition coefficient (Wildman–Crippen LogP) is 4.13. The summed E-state index contributed by atoms with van der Waals surface area (Å²) < 4.78 is 6.17. The Morgan fingerprint density at radius 3 is 2.57 bits per heavy atom. The van der Waals surface area contributed by atoms with Crippen molar-refractivity contribution in [1.29, 1.82) is 0 Å². The van der Waals surface area contributed by atoms with Gasteiger partial charge in [-0.3, -0.25) is 4.79 Å². The number of nitrogen functional groups attached to an aromatic ring is 1. The lowest BCUT2D eigenvalue weighted by Crippen LogP contribution is -2.23.